The minimum Gasteiger partial charge on any atom is -0.497 e. The van der Waals surface area contributed by atoms with Gasteiger partial charge in [-0.15, -0.1) is 0 Å². The molecule has 3 aromatic rings. The molecule has 1 aliphatic rings. The molecule has 1 saturated heterocycles. The quantitative estimate of drug-likeness (QED) is 0.550. The van der Waals surface area contributed by atoms with Crippen LogP contribution in [0.2, 0.25) is 0 Å². The van der Waals surface area contributed by atoms with E-state index in [1.165, 1.54) is 0 Å². The molecule has 2 heterocycles. The van der Waals surface area contributed by atoms with Crippen LogP contribution in [0.15, 0.2) is 60.7 Å². The summed E-state index contributed by atoms with van der Waals surface area (Å²) < 4.78 is 12.1. The molecule has 0 saturated carbocycles. The summed E-state index contributed by atoms with van der Waals surface area (Å²) in [5.41, 5.74) is 2.84. The average Bonchev–Trinajstić information content (AvgIpc) is 3.30. The van der Waals surface area contributed by atoms with E-state index in [0.717, 1.165) is 29.8 Å². The van der Waals surface area contributed by atoms with Crippen LogP contribution in [0.3, 0.4) is 0 Å². The lowest BCUT2D eigenvalue weighted by atomic mass is 9.98. The van der Waals surface area contributed by atoms with E-state index in [2.05, 4.69) is 0 Å². The highest BCUT2D eigenvalue weighted by Crippen LogP contribution is 2.26. The summed E-state index contributed by atoms with van der Waals surface area (Å²) in [5.74, 6) is 0.0864. The molecule has 0 bridgehead atoms. The second kappa shape index (κ2) is 9.68. The molecule has 166 valence electrons. The number of hydrogen-bond donors (Lipinski definition) is 0. The first-order chi connectivity index (χ1) is 15.6. The van der Waals surface area contributed by atoms with Crippen LogP contribution >= 0.6 is 0 Å². The number of ether oxygens (including phenoxy) is 2. The Balaban J connectivity index is 1.67. The van der Waals surface area contributed by atoms with Crippen LogP contribution in [-0.4, -0.2) is 53.4 Å². The van der Waals surface area contributed by atoms with Crippen LogP contribution < -0.4 is 4.74 Å². The highest BCUT2D eigenvalue weighted by molar-refractivity contribution is 5.95. The molecule has 0 N–H and O–H groups in total. The van der Waals surface area contributed by atoms with Gasteiger partial charge in [-0.1, -0.05) is 18.2 Å². The summed E-state index contributed by atoms with van der Waals surface area (Å²) in [6.45, 7) is 3.10. The van der Waals surface area contributed by atoms with Gasteiger partial charge in [-0.2, -0.15) is 5.10 Å². The maximum absolute atomic E-state index is 13.6. The Bertz CT molecular complexity index is 1080. The van der Waals surface area contributed by atoms with Crippen molar-refractivity contribution in [2.24, 2.45) is 5.92 Å². The number of hydrogen-bond acceptors (Lipinski definition) is 5. The summed E-state index contributed by atoms with van der Waals surface area (Å²) >= 11 is 0. The minimum absolute atomic E-state index is 0.143. The van der Waals surface area contributed by atoms with Gasteiger partial charge in [0.25, 0.3) is 5.91 Å². The zero-order valence-electron chi connectivity index (χ0n) is 18.4. The molecule has 0 aliphatic carbocycles. The highest BCUT2D eigenvalue weighted by atomic mass is 16.5. The van der Waals surface area contributed by atoms with Crippen LogP contribution in [0.5, 0.6) is 5.75 Å². The van der Waals surface area contributed by atoms with E-state index in [1.54, 1.807) is 23.6 Å². The van der Waals surface area contributed by atoms with Crippen molar-refractivity contribution >= 4 is 11.9 Å². The molecule has 1 aromatic heterocycles. The van der Waals surface area contributed by atoms with E-state index < -0.39 is 0 Å². The van der Waals surface area contributed by atoms with Gasteiger partial charge < -0.3 is 14.4 Å². The maximum Gasteiger partial charge on any atom is 0.310 e. The lowest BCUT2D eigenvalue weighted by molar-refractivity contribution is -0.149. The van der Waals surface area contributed by atoms with Gasteiger partial charge in [0.2, 0.25) is 0 Å². The number of para-hydroxylation sites is 1. The third-order valence-corrected chi connectivity index (χ3v) is 5.64. The van der Waals surface area contributed by atoms with E-state index in [1.807, 2.05) is 60.7 Å². The van der Waals surface area contributed by atoms with E-state index in [9.17, 15) is 9.59 Å². The fraction of sp³-hybridized carbons (Fsp3) is 0.320. The Morgan fingerprint density at radius 1 is 1.09 bits per heavy atom. The Morgan fingerprint density at radius 2 is 1.84 bits per heavy atom. The molecule has 32 heavy (non-hydrogen) atoms. The van der Waals surface area contributed by atoms with Crippen molar-refractivity contribution in [3.8, 4) is 22.7 Å². The van der Waals surface area contributed by atoms with Gasteiger partial charge in [0, 0.05) is 18.7 Å². The first kappa shape index (κ1) is 21.6. The van der Waals surface area contributed by atoms with Gasteiger partial charge in [-0.05, 0) is 62.2 Å². The molecular formula is C25H27N3O4. The Morgan fingerprint density at radius 3 is 2.53 bits per heavy atom. The second-order valence-electron chi connectivity index (χ2n) is 7.73. The van der Waals surface area contributed by atoms with Crippen molar-refractivity contribution in [3.63, 3.8) is 0 Å². The molecule has 0 spiro atoms. The number of benzene rings is 2. The van der Waals surface area contributed by atoms with Gasteiger partial charge in [0.15, 0.2) is 0 Å². The van der Waals surface area contributed by atoms with Gasteiger partial charge in [0.1, 0.15) is 11.4 Å². The van der Waals surface area contributed by atoms with Crippen molar-refractivity contribution in [2.75, 3.05) is 26.8 Å². The number of piperidine rings is 1. The molecule has 1 aliphatic heterocycles. The van der Waals surface area contributed by atoms with Gasteiger partial charge in [0.05, 0.1) is 31.0 Å². The Labute approximate surface area is 187 Å². The molecule has 2 aromatic carbocycles. The SMILES string of the molecule is CCOC(=O)C1CCCN(C(=O)c2cc(-c3ccc(OC)cc3)nn2-c2ccccc2)C1. The standard InChI is InChI=1S/C25H27N3O4/c1-3-32-25(30)19-8-7-15-27(17-19)24(29)23-16-22(18-11-13-21(31-2)14-12-18)26-28(23)20-9-5-4-6-10-20/h4-6,9-14,16,19H,3,7-8,15,17H2,1-2H3. The van der Waals surface area contributed by atoms with Crippen LogP contribution in [0.4, 0.5) is 0 Å². The number of carbonyl (C=O) groups excluding carboxylic acids is 2. The van der Waals surface area contributed by atoms with Gasteiger partial charge >= 0.3 is 5.97 Å². The number of amides is 1. The minimum atomic E-state index is -0.290. The zero-order valence-corrected chi connectivity index (χ0v) is 18.4. The van der Waals surface area contributed by atoms with Crippen LogP contribution in [0.1, 0.15) is 30.3 Å². The lowest BCUT2D eigenvalue weighted by Gasteiger charge is -2.31. The Kier molecular flexibility index (Phi) is 6.54. The number of nitrogens with zero attached hydrogens (tertiary/aromatic N) is 3. The highest BCUT2D eigenvalue weighted by Gasteiger charge is 2.31. The van der Waals surface area contributed by atoms with Crippen molar-refractivity contribution in [1.29, 1.82) is 0 Å². The Hall–Kier alpha value is -3.61. The first-order valence-electron chi connectivity index (χ1n) is 10.9. The first-order valence-corrected chi connectivity index (χ1v) is 10.9. The third-order valence-electron chi connectivity index (χ3n) is 5.64. The van der Waals surface area contributed by atoms with E-state index in [0.29, 0.717) is 31.1 Å². The van der Waals surface area contributed by atoms with Crippen molar-refractivity contribution in [3.05, 3.63) is 66.4 Å². The topological polar surface area (TPSA) is 73.7 Å². The van der Waals surface area contributed by atoms with Crippen molar-refractivity contribution in [1.82, 2.24) is 14.7 Å². The van der Waals surface area contributed by atoms with Crippen LogP contribution in [-0.2, 0) is 9.53 Å². The zero-order chi connectivity index (χ0) is 22.5. The van der Waals surface area contributed by atoms with E-state index in [-0.39, 0.29) is 17.8 Å². The number of aromatic nitrogens is 2. The number of likely N-dealkylation sites (tertiary alicyclic amines) is 1. The molecule has 1 amide bonds. The predicted molar refractivity (Wildman–Crippen MR) is 121 cm³/mol. The molecule has 0 radical (unpaired) electrons. The van der Waals surface area contributed by atoms with Crippen molar-refractivity contribution in [2.45, 2.75) is 19.8 Å². The molecule has 7 heteroatoms. The fourth-order valence-electron chi connectivity index (χ4n) is 3.98. The molecular weight excluding hydrogens is 406 g/mol. The van der Waals surface area contributed by atoms with Gasteiger partial charge in [-0.3, -0.25) is 9.59 Å². The van der Waals surface area contributed by atoms with E-state index in [4.69, 9.17) is 14.6 Å². The summed E-state index contributed by atoms with van der Waals surface area (Å²) in [5, 5.41) is 4.74. The number of methoxy groups -OCH3 is 1. The average molecular weight is 434 g/mol. The normalized spacial score (nSPS) is 15.9. The second-order valence-corrected chi connectivity index (χ2v) is 7.73. The molecule has 4 rings (SSSR count). The maximum atomic E-state index is 13.6. The molecule has 1 atom stereocenters. The smallest absolute Gasteiger partial charge is 0.310 e. The summed E-state index contributed by atoms with van der Waals surface area (Å²) in [4.78, 5) is 27.5. The third kappa shape index (κ3) is 4.51. The fourth-order valence-corrected chi connectivity index (χ4v) is 3.98. The van der Waals surface area contributed by atoms with Crippen LogP contribution in [0, 0.1) is 5.92 Å². The van der Waals surface area contributed by atoms with E-state index >= 15 is 0 Å². The predicted octanol–water partition coefficient (Wildman–Crippen LogP) is 3.96. The largest absolute Gasteiger partial charge is 0.497 e. The van der Waals surface area contributed by atoms with Gasteiger partial charge in [-0.25, -0.2) is 4.68 Å². The summed E-state index contributed by atoms with van der Waals surface area (Å²) in [6, 6.07) is 19.0. The summed E-state index contributed by atoms with van der Waals surface area (Å²) in [6.07, 6.45) is 1.50. The summed E-state index contributed by atoms with van der Waals surface area (Å²) in [7, 11) is 1.62. The monoisotopic (exact) mass is 433 g/mol. The molecule has 7 nitrogen and oxygen atoms in total. The lowest BCUT2D eigenvalue weighted by Crippen LogP contribution is -2.43. The number of rotatable bonds is 6. The van der Waals surface area contributed by atoms with Crippen molar-refractivity contribution < 1.29 is 19.1 Å². The molecule has 1 fully saturated rings. The molecule has 1 unspecified atom stereocenters. The number of carbonyl (C=O) groups is 2. The van der Waals surface area contributed by atoms with Crippen LogP contribution in [0.25, 0.3) is 16.9 Å². The number of esters is 1.